The molecule has 0 saturated carbocycles. The third kappa shape index (κ3) is 7.28. The van der Waals surface area contributed by atoms with E-state index >= 15 is 0 Å². The van der Waals surface area contributed by atoms with Crippen molar-refractivity contribution in [2.75, 3.05) is 13.3 Å². The van der Waals surface area contributed by atoms with E-state index in [1.54, 1.807) is 6.92 Å². The van der Waals surface area contributed by atoms with Crippen LogP contribution in [-0.4, -0.2) is 75.7 Å². The highest BCUT2D eigenvalue weighted by Gasteiger charge is 2.45. The van der Waals surface area contributed by atoms with Crippen molar-refractivity contribution in [3.8, 4) is 11.4 Å². The van der Waals surface area contributed by atoms with Crippen molar-refractivity contribution in [1.82, 2.24) is 30.8 Å². The zero-order valence-corrected chi connectivity index (χ0v) is 28.9. The Morgan fingerprint density at radius 3 is 2.45 bits per heavy atom. The lowest BCUT2D eigenvalue weighted by Gasteiger charge is -2.31. The topological polar surface area (TPSA) is 233 Å². The summed E-state index contributed by atoms with van der Waals surface area (Å²) in [6, 6.07) is 1.29. The normalized spacial score (nSPS) is 17.7. The number of pyridine rings is 2. The SMILES string of the molecule is CC[C@@]1(O)C(=O)OCc2c1cc1n(c2=O)Cc2c-1nc1cc(F)c(Cl)cc1c2CNC(=O)COCNC(=O)[C@H](C)NC(=O)[C@H](C)NC(=O)[C@H](C)N. The number of benzene rings is 1. The molecule has 0 unspecified atom stereocenters. The van der Waals surface area contributed by atoms with E-state index in [-0.39, 0.29) is 54.5 Å². The number of aliphatic hydroxyl groups is 1. The average molecular weight is 730 g/mol. The van der Waals surface area contributed by atoms with Crippen LogP contribution in [0.4, 0.5) is 4.39 Å². The highest BCUT2D eigenvalue weighted by molar-refractivity contribution is 6.31. The number of esters is 1. The zero-order valence-electron chi connectivity index (χ0n) is 28.1. The largest absolute Gasteiger partial charge is 0.458 e. The van der Waals surface area contributed by atoms with Crippen LogP contribution >= 0.6 is 11.6 Å². The highest BCUT2D eigenvalue weighted by Crippen LogP contribution is 2.40. The van der Waals surface area contributed by atoms with Crippen molar-refractivity contribution in [2.45, 2.75) is 77.5 Å². The summed E-state index contributed by atoms with van der Waals surface area (Å²) in [5.41, 5.74) is 5.02. The molecule has 5 rings (SSSR count). The Kier molecular flexibility index (Phi) is 10.8. The fourth-order valence-electron chi connectivity index (χ4n) is 5.83. The van der Waals surface area contributed by atoms with Crippen LogP contribution in [0.15, 0.2) is 23.0 Å². The summed E-state index contributed by atoms with van der Waals surface area (Å²) in [6.45, 7) is 4.67. The first-order valence-corrected chi connectivity index (χ1v) is 16.4. The summed E-state index contributed by atoms with van der Waals surface area (Å²) >= 11 is 6.12. The number of rotatable bonds is 12. The van der Waals surface area contributed by atoms with E-state index in [4.69, 9.17) is 26.8 Å². The van der Waals surface area contributed by atoms with Crippen molar-refractivity contribution in [2.24, 2.45) is 5.73 Å². The molecule has 0 bridgehead atoms. The van der Waals surface area contributed by atoms with Gasteiger partial charge in [-0.25, -0.2) is 14.2 Å². The van der Waals surface area contributed by atoms with E-state index in [1.807, 2.05) is 0 Å². The van der Waals surface area contributed by atoms with Crippen LogP contribution in [0.5, 0.6) is 0 Å². The lowest BCUT2D eigenvalue weighted by Crippen LogP contribution is -2.53. The fraction of sp³-hybridized carbons (Fsp3) is 0.424. The van der Waals surface area contributed by atoms with Crippen LogP contribution in [0.1, 0.15) is 56.4 Å². The molecule has 7 N–H and O–H groups in total. The minimum absolute atomic E-state index is 0.0208. The fourth-order valence-corrected chi connectivity index (χ4v) is 5.99. The molecule has 2 aliphatic heterocycles. The van der Waals surface area contributed by atoms with Crippen LogP contribution < -0.4 is 32.6 Å². The highest BCUT2D eigenvalue weighted by atomic mass is 35.5. The van der Waals surface area contributed by atoms with Gasteiger partial charge in [-0.05, 0) is 44.9 Å². The average Bonchev–Trinajstić information content (AvgIpc) is 3.45. The van der Waals surface area contributed by atoms with Gasteiger partial charge in [-0.15, -0.1) is 0 Å². The Bertz CT molecular complexity index is 2020. The summed E-state index contributed by atoms with van der Waals surface area (Å²) in [6.07, 6.45) is -0.0443. The van der Waals surface area contributed by atoms with Crippen LogP contribution in [0.3, 0.4) is 0 Å². The molecule has 4 amide bonds. The Morgan fingerprint density at radius 2 is 1.76 bits per heavy atom. The molecule has 0 saturated heterocycles. The first kappa shape index (κ1) is 37.3. The lowest BCUT2D eigenvalue weighted by molar-refractivity contribution is -0.172. The number of fused-ring (bicyclic) bond motifs is 5. The maximum absolute atomic E-state index is 14.6. The number of cyclic esters (lactones) is 1. The number of amides is 4. The van der Waals surface area contributed by atoms with Crippen molar-refractivity contribution in [1.29, 1.82) is 0 Å². The molecule has 3 aromatic rings. The molecule has 18 heteroatoms. The summed E-state index contributed by atoms with van der Waals surface area (Å²) in [5, 5.41) is 21.4. The molecule has 51 heavy (non-hydrogen) atoms. The van der Waals surface area contributed by atoms with Gasteiger partial charge in [0.2, 0.25) is 23.6 Å². The monoisotopic (exact) mass is 729 g/mol. The molecule has 2 aromatic heterocycles. The summed E-state index contributed by atoms with van der Waals surface area (Å²) < 4.78 is 26.4. The van der Waals surface area contributed by atoms with Crippen molar-refractivity contribution in [3.63, 3.8) is 0 Å². The Hall–Kier alpha value is -4.97. The zero-order chi connectivity index (χ0) is 37.4. The second-order valence-electron chi connectivity index (χ2n) is 12.4. The van der Waals surface area contributed by atoms with E-state index in [0.717, 1.165) is 6.07 Å². The van der Waals surface area contributed by atoms with E-state index in [2.05, 4.69) is 26.3 Å². The molecule has 4 heterocycles. The van der Waals surface area contributed by atoms with Crippen LogP contribution in [0.25, 0.3) is 22.3 Å². The van der Waals surface area contributed by atoms with Crippen molar-refractivity contribution >= 4 is 52.1 Å². The first-order chi connectivity index (χ1) is 24.1. The van der Waals surface area contributed by atoms with Crippen LogP contribution in [0.2, 0.25) is 5.02 Å². The molecule has 0 spiro atoms. The molecule has 16 nitrogen and oxygen atoms in total. The number of nitrogens with two attached hydrogens (primary N) is 1. The van der Waals surface area contributed by atoms with Crippen molar-refractivity contribution in [3.05, 3.63) is 61.6 Å². The summed E-state index contributed by atoms with van der Waals surface area (Å²) in [4.78, 5) is 80.0. The number of hydrogen-bond acceptors (Lipinski definition) is 11. The van der Waals surface area contributed by atoms with Gasteiger partial charge in [-0.1, -0.05) is 18.5 Å². The quantitative estimate of drug-likeness (QED) is 0.0642. The Balaban J connectivity index is 1.27. The van der Waals surface area contributed by atoms with Gasteiger partial charge in [0.25, 0.3) is 5.56 Å². The predicted octanol–water partition coefficient (Wildman–Crippen LogP) is -0.0648. The number of halogens is 2. The molecule has 0 aliphatic carbocycles. The van der Waals surface area contributed by atoms with Crippen LogP contribution in [0, 0.1) is 5.82 Å². The third-order valence-corrected chi connectivity index (χ3v) is 9.10. The van der Waals surface area contributed by atoms with Crippen molar-refractivity contribution < 1.29 is 42.9 Å². The van der Waals surface area contributed by atoms with E-state index in [9.17, 15) is 38.3 Å². The molecule has 0 radical (unpaired) electrons. The molecular formula is C33H37ClFN7O9. The number of hydrogen-bond donors (Lipinski definition) is 6. The molecule has 4 atom stereocenters. The number of carbonyl (C=O) groups excluding carboxylic acids is 5. The second kappa shape index (κ2) is 14.7. The number of ether oxygens (including phenoxy) is 2. The molecular weight excluding hydrogens is 693 g/mol. The standard InChI is InChI=1S/C33H37ClFN7O9/c1-5-33(49)21-7-25-27-19(10-42(25)31(47)20(21)11-51-32(33)48)18(17-6-22(34)23(35)8-24(17)41-27)9-37-26(43)12-50-13-38-29(45)15(3)40-30(46)16(4)39-28(44)14(2)36/h6-8,14-16,49H,5,9-13,36H2,1-4H3,(H,37,43)(H,38,45)(H,39,44)(H,40,46)/t14-,15-,16-,33-/m0/s1. The Morgan fingerprint density at radius 1 is 1.08 bits per heavy atom. The van der Waals surface area contributed by atoms with Gasteiger partial charge in [-0.2, -0.15) is 0 Å². The smallest absolute Gasteiger partial charge is 0.343 e. The predicted molar refractivity (Wildman–Crippen MR) is 179 cm³/mol. The van der Waals surface area contributed by atoms with Gasteiger partial charge in [-0.3, -0.25) is 24.0 Å². The number of aromatic nitrogens is 2. The van der Waals surface area contributed by atoms with E-state index < -0.39 is 71.3 Å². The van der Waals surface area contributed by atoms with Gasteiger partial charge in [0, 0.05) is 29.1 Å². The second-order valence-corrected chi connectivity index (χ2v) is 12.8. The first-order valence-electron chi connectivity index (χ1n) is 16.0. The summed E-state index contributed by atoms with van der Waals surface area (Å²) in [7, 11) is 0. The maximum atomic E-state index is 14.6. The number of nitrogens with one attached hydrogen (secondary N) is 4. The van der Waals surface area contributed by atoms with Gasteiger partial charge in [0.05, 0.1) is 40.1 Å². The van der Waals surface area contributed by atoms with Gasteiger partial charge >= 0.3 is 5.97 Å². The molecule has 0 fully saturated rings. The van der Waals surface area contributed by atoms with E-state index in [0.29, 0.717) is 27.9 Å². The number of carbonyl (C=O) groups is 5. The molecule has 2 aliphatic rings. The van der Waals surface area contributed by atoms with Gasteiger partial charge in [0.1, 0.15) is 37.8 Å². The lowest BCUT2D eigenvalue weighted by atomic mass is 9.86. The minimum atomic E-state index is -2.04. The molecule has 1 aromatic carbocycles. The minimum Gasteiger partial charge on any atom is -0.458 e. The summed E-state index contributed by atoms with van der Waals surface area (Å²) in [5.74, 6) is -3.93. The molecule has 272 valence electrons. The third-order valence-electron chi connectivity index (χ3n) is 8.81. The van der Waals surface area contributed by atoms with Gasteiger partial charge in [0.15, 0.2) is 5.60 Å². The van der Waals surface area contributed by atoms with Gasteiger partial charge < -0.3 is 46.1 Å². The maximum Gasteiger partial charge on any atom is 0.343 e. The van der Waals surface area contributed by atoms with Crippen LogP contribution in [-0.2, 0) is 58.7 Å². The number of nitrogens with zero attached hydrogens (tertiary/aromatic N) is 2. The Labute approximate surface area is 295 Å². The van der Waals surface area contributed by atoms with E-state index in [1.165, 1.54) is 37.5 Å².